The van der Waals surface area contributed by atoms with Gasteiger partial charge in [0.05, 0.1) is 25.5 Å². The number of ether oxygens (including phenoxy) is 4. The Morgan fingerprint density at radius 2 is 1.74 bits per heavy atom. The molecular weight excluding hydrogens is 682 g/mol. The van der Waals surface area contributed by atoms with Gasteiger partial charge in [-0.25, -0.2) is 4.68 Å². The number of hydrogen-bond acceptors (Lipinski definition) is 11. The van der Waals surface area contributed by atoms with Crippen LogP contribution in [0.4, 0.5) is 0 Å². The molecule has 0 fully saturated rings. The zero-order valence-corrected chi connectivity index (χ0v) is 30.0. The molecule has 4 N–H and O–H groups in total. The highest BCUT2D eigenvalue weighted by Gasteiger charge is 2.30. The normalized spacial score (nSPS) is 19.4. The number of amides is 3. The van der Waals surface area contributed by atoms with Crippen LogP contribution < -0.4 is 34.9 Å². The van der Waals surface area contributed by atoms with E-state index in [1.165, 1.54) is 20.1 Å². The van der Waals surface area contributed by atoms with E-state index < -0.39 is 35.9 Å². The Bertz CT molecular complexity index is 1900. The van der Waals surface area contributed by atoms with Crippen LogP contribution >= 0.6 is 0 Å². The van der Waals surface area contributed by atoms with Crippen LogP contribution in [0.2, 0.25) is 0 Å². The molecule has 280 valence electrons. The quantitative estimate of drug-likeness (QED) is 0.213. The molecule has 7 rings (SSSR count). The number of hydrogen-bond donors (Lipinski definition) is 4. The highest BCUT2D eigenvalue weighted by Crippen LogP contribution is 2.35. The maximum absolute atomic E-state index is 13.8. The fourth-order valence-electron chi connectivity index (χ4n) is 6.19. The van der Waals surface area contributed by atoms with Crippen LogP contribution in [0.15, 0.2) is 66.9 Å². The third kappa shape index (κ3) is 9.61. The Morgan fingerprint density at radius 1 is 0.943 bits per heavy atom. The van der Waals surface area contributed by atoms with Crippen LogP contribution in [0.3, 0.4) is 0 Å². The lowest BCUT2D eigenvalue weighted by Crippen LogP contribution is -2.58. The summed E-state index contributed by atoms with van der Waals surface area (Å²) in [6, 6.07) is 15.5. The topological polar surface area (TPSA) is 178 Å². The van der Waals surface area contributed by atoms with Gasteiger partial charge in [-0.1, -0.05) is 35.5 Å². The first kappa shape index (κ1) is 37.1. The molecule has 3 atom stereocenters. The Balaban J connectivity index is 1.26. The van der Waals surface area contributed by atoms with E-state index in [0.717, 1.165) is 22.4 Å². The van der Waals surface area contributed by atoms with Crippen molar-refractivity contribution in [3.63, 3.8) is 0 Å². The SMILES string of the molecule is COc1cc2ccc1OCCn1cc(nn1)CCN(Cc1cc3c(cc1C)OCO3)CCNC(=O)[C@H]([C@@H](C)O)NC(=O)[C@@H](Cc1ccccc1)NC2=O. The average molecular weight is 728 g/mol. The average Bonchev–Trinajstić information content (AvgIpc) is 3.81. The number of benzene rings is 3. The third-order valence-corrected chi connectivity index (χ3v) is 9.19. The molecule has 3 aliphatic heterocycles. The minimum atomic E-state index is -1.28. The summed E-state index contributed by atoms with van der Waals surface area (Å²) in [5.41, 5.74) is 3.90. The zero-order chi connectivity index (χ0) is 37.3. The lowest BCUT2D eigenvalue weighted by molar-refractivity contribution is -0.132. The predicted octanol–water partition coefficient (Wildman–Crippen LogP) is 1.78. The number of nitrogens with one attached hydrogen (secondary N) is 3. The summed E-state index contributed by atoms with van der Waals surface area (Å²) in [5.74, 6) is 0.449. The summed E-state index contributed by atoms with van der Waals surface area (Å²) in [5, 5.41) is 27.7. The molecule has 0 aliphatic carbocycles. The molecular formula is C38H45N7O8. The van der Waals surface area contributed by atoms with Crippen molar-refractivity contribution in [3.8, 4) is 23.0 Å². The summed E-state index contributed by atoms with van der Waals surface area (Å²) >= 11 is 0. The molecule has 15 heteroatoms. The number of nitrogens with zero attached hydrogens (tertiary/aromatic N) is 4. The van der Waals surface area contributed by atoms with E-state index in [1.807, 2.05) is 55.6 Å². The highest BCUT2D eigenvalue weighted by atomic mass is 16.7. The largest absolute Gasteiger partial charge is 0.493 e. The first-order valence-electron chi connectivity index (χ1n) is 17.6. The Kier molecular flexibility index (Phi) is 12.1. The molecule has 0 unspecified atom stereocenters. The second-order valence-corrected chi connectivity index (χ2v) is 13.1. The minimum Gasteiger partial charge on any atom is -0.493 e. The minimum absolute atomic E-state index is 0.142. The van der Waals surface area contributed by atoms with Crippen molar-refractivity contribution in [1.82, 2.24) is 35.8 Å². The maximum Gasteiger partial charge on any atom is 0.252 e. The van der Waals surface area contributed by atoms with Crippen LogP contribution in [-0.2, 0) is 35.5 Å². The van der Waals surface area contributed by atoms with E-state index in [4.69, 9.17) is 18.9 Å². The Morgan fingerprint density at radius 3 is 2.51 bits per heavy atom. The van der Waals surface area contributed by atoms with E-state index in [0.29, 0.717) is 55.6 Å². The summed E-state index contributed by atoms with van der Waals surface area (Å²) in [6.07, 6.45) is 1.37. The van der Waals surface area contributed by atoms with Crippen molar-refractivity contribution in [2.75, 3.05) is 40.1 Å². The van der Waals surface area contributed by atoms with Gasteiger partial charge in [-0.2, -0.15) is 0 Å². The molecule has 0 radical (unpaired) electrons. The van der Waals surface area contributed by atoms with Crippen LogP contribution in [0.5, 0.6) is 23.0 Å². The van der Waals surface area contributed by atoms with Gasteiger partial charge in [-0.05, 0) is 60.9 Å². The first-order valence-corrected chi connectivity index (χ1v) is 17.6. The van der Waals surface area contributed by atoms with E-state index in [1.54, 1.807) is 16.8 Å². The van der Waals surface area contributed by atoms with Gasteiger partial charge >= 0.3 is 0 Å². The number of aromatic nitrogens is 3. The van der Waals surface area contributed by atoms with E-state index in [2.05, 4.69) is 31.2 Å². The van der Waals surface area contributed by atoms with Gasteiger partial charge in [0.2, 0.25) is 18.6 Å². The van der Waals surface area contributed by atoms with Gasteiger partial charge < -0.3 is 40.0 Å². The summed E-state index contributed by atoms with van der Waals surface area (Å²) in [7, 11) is 1.48. The van der Waals surface area contributed by atoms with Crippen LogP contribution in [0.1, 0.15) is 39.7 Å². The molecule has 1 aromatic heterocycles. The van der Waals surface area contributed by atoms with Crippen molar-refractivity contribution in [2.45, 2.75) is 58.0 Å². The first-order chi connectivity index (χ1) is 25.7. The molecule has 53 heavy (non-hydrogen) atoms. The molecule has 3 aromatic carbocycles. The number of fused-ring (bicyclic) bond motifs is 17. The molecule has 4 bridgehead atoms. The van der Waals surface area contributed by atoms with Crippen molar-refractivity contribution in [3.05, 3.63) is 94.8 Å². The monoisotopic (exact) mass is 727 g/mol. The maximum atomic E-state index is 13.8. The van der Waals surface area contributed by atoms with Gasteiger partial charge in [0.1, 0.15) is 18.7 Å². The lowest BCUT2D eigenvalue weighted by atomic mass is 10.0. The molecule has 4 aromatic rings. The molecule has 4 heterocycles. The number of aliphatic hydroxyl groups excluding tert-OH is 1. The third-order valence-electron chi connectivity index (χ3n) is 9.19. The molecule has 3 aliphatic rings. The standard InChI is InChI=1S/C38H45N7O8/c1-24-17-33-34(53-23-52-33)20-28(24)21-44-13-11-29-22-45(43-42-29)15-16-51-31-10-9-27(19-32(31)50-3)36(47)40-30(18-26-7-5-4-6-8-26)37(48)41-35(25(2)46)38(49)39-12-14-44/h4-10,17,19-20,22,25,30,35,46H,11-16,18,21,23H2,1-3H3,(H,39,49)(H,40,47)(H,41,48)/t25-,30-,35+/m1/s1. The van der Waals surface area contributed by atoms with Crippen molar-refractivity contribution < 1.29 is 38.4 Å². The van der Waals surface area contributed by atoms with Gasteiger partial charge in [0.15, 0.2) is 23.0 Å². The highest BCUT2D eigenvalue weighted by molar-refractivity contribution is 5.99. The van der Waals surface area contributed by atoms with Gasteiger partial charge in [-0.3, -0.25) is 19.3 Å². The number of carbonyl (C=O) groups is 3. The predicted molar refractivity (Wildman–Crippen MR) is 193 cm³/mol. The second kappa shape index (κ2) is 17.2. The number of aryl methyl sites for hydroxylation is 1. The Labute approximate surface area is 307 Å². The number of methoxy groups -OCH3 is 1. The molecule has 0 saturated heterocycles. The Hall–Kier alpha value is -5.67. The van der Waals surface area contributed by atoms with E-state index in [9.17, 15) is 19.5 Å². The van der Waals surface area contributed by atoms with E-state index in [-0.39, 0.29) is 31.9 Å². The number of aliphatic hydroxyl groups is 1. The fourth-order valence-corrected chi connectivity index (χ4v) is 6.19. The van der Waals surface area contributed by atoms with Crippen molar-refractivity contribution in [2.24, 2.45) is 0 Å². The van der Waals surface area contributed by atoms with Gasteiger partial charge in [0, 0.05) is 50.8 Å². The summed E-state index contributed by atoms with van der Waals surface area (Å²) in [6.45, 7) is 6.14. The molecule has 3 amide bonds. The molecule has 15 nitrogen and oxygen atoms in total. The smallest absolute Gasteiger partial charge is 0.252 e. The molecule has 0 spiro atoms. The molecule has 0 saturated carbocycles. The van der Waals surface area contributed by atoms with Crippen molar-refractivity contribution in [1.29, 1.82) is 0 Å². The zero-order valence-electron chi connectivity index (χ0n) is 30.0. The fraction of sp³-hybridized carbons (Fsp3) is 0.395. The van der Waals surface area contributed by atoms with Crippen LogP contribution in [0.25, 0.3) is 0 Å². The van der Waals surface area contributed by atoms with Crippen LogP contribution in [-0.4, -0.2) is 101 Å². The summed E-state index contributed by atoms with van der Waals surface area (Å²) in [4.78, 5) is 43.1. The second-order valence-electron chi connectivity index (χ2n) is 13.1. The van der Waals surface area contributed by atoms with Gasteiger partial charge in [-0.15, -0.1) is 5.10 Å². The lowest BCUT2D eigenvalue weighted by Gasteiger charge is -2.26. The number of carbonyl (C=O) groups excluding carboxylic acids is 3. The summed E-state index contributed by atoms with van der Waals surface area (Å²) < 4.78 is 24.4. The van der Waals surface area contributed by atoms with E-state index >= 15 is 0 Å². The van der Waals surface area contributed by atoms with Crippen LogP contribution in [0, 0.1) is 6.92 Å². The van der Waals surface area contributed by atoms with Crippen molar-refractivity contribution >= 4 is 17.7 Å². The van der Waals surface area contributed by atoms with Gasteiger partial charge in [0.25, 0.3) is 5.91 Å². The number of rotatable bonds is 6.